The summed E-state index contributed by atoms with van der Waals surface area (Å²) in [7, 11) is 1.57. The molecule has 6 nitrogen and oxygen atoms in total. The standard InChI is InChI=1S/C35H41ClN2O4S/c1-35(2,3)24-12-15-26-29(20-24)43-34-30(26)33(39)37-32(38-34)23-18-27(36)31(28(19-23)40-4)42-17-16-41-25-13-10-22(11-14-25)21-8-6-5-7-9-21/h10-11,13-14,18-19,21,24H,5-9,12,15-17,20H2,1-4H3,(H,37,38,39)/t24-/m1/s1. The lowest BCUT2D eigenvalue weighted by molar-refractivity contribution is 0.211. The first-order chi connectivity index (χ1) is 20.7. The zero-order valence-electron chi connectivity index (χ0n) is 25.6. The third kappa shape index (κ3) is 6.44. The first-order valence-corrected chi connectivity index (χ1v) is 16.7. The van der Waals surface area contributed by atoms with E-state index in [1.807, 2.05) is 12.1 Å². The van der Waals surface area contributed by atoms with Gasteiger partial charge >= 0.3 is 0 Å². The fourth-order valence-corrected chi connectivity index (χ4v) is 8.20. The summed E-state index contributed by atoms with van der Waals surface area (Å²) in [6.07, 6.45) is 9.58. The van der Waals surface area contributed by atoms with Gasteiger partial charge in [0, 0.05) is 10.4 Å². The minimum Gasteiger partial charge on any atom is -0.493 e. The molecule has 6 rings (SSSR count). The maximum Gasteiger partial charge on any atom is 0.260 e. The van der Waals surface area contributed by atoms with Crippen LogP contribution in [0.15, 0.2) is 41.2 Å². The predicted octanol–water partition coefficient (Wildman–Crippen LogP) is 8.97. The van der Waals surface area contributed by atoms with Gasteiger partial charge in [-0.1, -0.05) is 63.8 Å². The fraction of sp³-hybridized carbons (Fsp3) is 0.486. The highest BCUT2D eigenvalue weighted by Crippen LogP contribution is 2.43. The van der Waals surface area contributed by atoms with Gasteiger partial charge in [0.05, 0.1) is 17.5 Å². The SMILES string of the molecule is COc1cc(-c2nc3sc4c(c3c(=O)[nH]2)CC[C@@H](C(C)(C)C)C4)cc(Cl)c1OCCOc1ccc(C2CCCCC2)cc1. The molecule has 0 bridgehead atoms. The van der Waals surface area contributed by atoms with Gasteiger partial charge in [-0.2, -0.15) is 0 Å². The van der Waals surface area contributed by atoms with Crippen LogP contribution >= 0.6 is 22.9 Å². The molecule has 0 unspecified atom stereocenters. The summed E-state index contributed by atoms with van der Waals surface area (Å²) in [6.45, 7) is 7.57. The van der Waals surface area contributed by atoms with Crippen molar-refractivity contribution < 1.29 is 14.2 Å². The Bertz CT molecular complexity index is 1650. The molecule has 2 heterocycles. The number of aromatic amines is 1. The Morgan fingerprint density at radius 1 is 1.02 bits per heavy atom. The highest BCUT2D eigenvalue weighted by atomic mass is 35.5. The summed E-state index contributed by atoms with van der Waals surface area (Å²) >= 11 is 8.33. The minimum absolute atomic E-state index is 0.106. The lowest BCUT2D eigenvalue weighted by atomic mass is 9.72. The van der Waals surface area contributed by atoms with Gasteiger partial charge in [-0.15, -0.1) is 11.3 Å². The molecular formula is C35H41ClN2O4S. The number of aromatic nitrogens is 2. The van der Waals surface area contributed by atoms with Crippen molar-refractivity contribution in [2.24, 2.45) is 11.3 Å². The molecule has 0 spiro atoms. The molecule has 2 aromatic heterocycles. The molecule has 0 radical (unpaired) electrons. The van der Waals surface area contributed by atoms with E-state index in [1.54, 1.807) is 30.6 Å². The number of H-pyrrole nitrogens is 1. The quantitative estimate of drug-likeness (QED) is 0.199. The van der Waals surface area contributed by atoms with Crippen molar-refractivity contribution in [1.82, 2.24) is 9.97 Å². The topological polar surface area (TPSA) is 73.4 Å². The number of aryl methyl sites for hydroxylation is 1. The van der Waals surface area contributed by atoms with E-state index in [9.17, 15) is 4.79 Å². The molecule has 0 amide bonds. The Labute approximate surface area is 262 Å². The molecule has 1 saturated carbocycles. The van der Waals surface area contributed by atoms with E-state index in [-0.39, 0.29) is 11.0 Å². The van der Waals surface area contributed by atoms with Crippen molar-refractivity contribution in [1.29, 1.82) is 0 Å². The number of nitrogens with zero attached hydrogens (tertiary/aromatic N) is 1. The van der Waals surface area contributed by atoms with Gasteiger partial charge in [0.25, 0.3) is 5.56 Å². The van der Waals surface area contributed by atoms with Crippen molar-refractivity contribution in [3.63, 3.8) is 0 Å². The second kappa shape index (κ2) is 12.5. The summed E-state index contributed by atoms with van der Waals surface area (Å²) in [5.41, 5.74) is 3.37. The minimum atomic E-state index is -0.106. The smallest absolute Gasteiger partial charge is 0.260 e. The maximum atomic E-state index is 13.3. The van der Waals surface area contributed by atoms with Crippen molar-refractivity contribution in [2.45, 2.75) is 78.1 Å². The Balaban J connectivity index is 1.14. The van der Waals surface area contributed by atoms with Crippen molar-refractivity contribution in [3.05, 3.63) is 67.8 Å². The molecule has 4 aromatic rings. The summed E-state index contributed by atoms with van der Waals surface area (Å²) in [4.78, 5) is 23.2. The van der Waals surface area contributed by atoms with Gasteiger partial charge in [-0.25, -0.2) is 4.98 Å². The number of nitrogens with one attached hydrogen (secondary N) is 1. The first kappa shape index (κ1) is 30.0. The van der Waals surface area contributed by atoms with E-state index in [0.717, 1.165) is 35.2 Å². The number of halogens is 1. The molecular weight excluding hydrogens is 580 g/mol. The van der Waals surface area contributed by atoms with Crippen molar-refractivity contribution in [3.8, 4) is 28.6 Å². The highest BCUT2D eigenvalue weighted by Gasteiger charge is 2.32. The number of thiophene rings is 1. The van der Waals surface area contributed by atoms with Gasteiger partial charge < -0.3 is 19.2 Å². The van der Waals surface area contributed by atoms with E-state index in [0.29, 0.717) is 53.0 Å². The molecule has 2 aromatic carbocycles. The van der Waals surface area contributed by atoms with E-state index in [4.69, 9.17) is 30.8 Å². The van der Waals surface area contributed by atoms with E-state index in [1.165, 1.54) is 48.1 Å². The Hall–Kier alpha value is -3.03. The largest absolute Gasteiger partial charge is 0.493 e. The van der Waals surface area contributed by atoms with Crippen molar-refractivity contribution in [2.75, 3.05) is 20.3 Å². The molecule has 2 aliphatic rings. The van der Waals surface area contributed by atoms with Gasteiger partial charge in [0.1, 0.15) is 29.6 Å². The van der Waals surface area contributed by atoms with Crippen LogP contribution in [0.5, 0.6) is 17.2 Å². The molecule has 228 valence electrons. The Morgan fingerprint density at radius 2 is 1.77 bits per heavy atom. The molecule has 0 saturated heterocycles. The van der Waals surface area contributed by atoms with E-state index in [2.05, 4.69) is 37.9 Å². The van der Waals surface area contributed by atoms with Crippen LogP contribution in [0.25, 0.3) is 21.6 Å². The number of fused-ring (bicyclic) bond motifs is 3. The molecule has 0 aliphatic heterocycles. The number of ether oxygens (including phenoxy) is 3. The summed E-state index contributed by atoms with van der Waals surface area (Å²) < 4.78 is 17.6. The van der Waals surface area contributed by atoms with Crippen LogP contribution in [0.4, 0.5) is 0 Å². The van der Waals surface area contributed by atoms with Gasteiger partial charge in [0.15, 0.2) is 11.5 Å². The number of methoxy groups -OCH3 is 1. The molecule has 2 aliphatic carbocycles. The molecule has 43 heavy (non-hydrogen) atoms. The lowest BCUT2D eigenvalue weighted by Gasteiger charge is -2.33. The fourth-order valence-electron chi connectivity index (χ4n) is 6.63. The predicted molar refractivity (Wildman–Crippen MR) is 175 cm³/mol. The summed E-state index contributed by atoms with van der Waals surface area (Å²) in [5, 5.41) is 1.12. The van der Waals surface area contributed by atoms with Crippen LogP contribution in [0.2, 0.25) is 5.02 Å². The summed E-state index contributed by atoms with van der Waals surface area (Å²) in [6, 6.07) is 12.0. The van der Waals surface area contributed by atoms with Crippen LogP contribution < -0.4 is 19.8 Å². The second-order valence-corrected chi connectivity index (χ2v) is 14.5. The Kier molecular flexibility index (Phi) is 8.74. The lowest BCUT2D eigenvalue weighted by Crippen LogP contribution is -2.26. The van der Waals surface area contributed by atoms with Crippen LogP contribution in [0, 0.1) is 11.3 Å². The normalized spacial score (nSPS) is 17.6. The number of rotatable bonds is 8. The molecule has 1 fully saturated rings. The first-order valence-electron chi connectivity index (χ1n) is 15.5. The third-order valence-corrected chi connectivity index (χ3v) is 10.6. The van der Waals surface area contributed by atoms with Gasteiger partial charge in [0.2, 0.25) is 0 Å². The monoisotopic (exact) mass is 620 g/mol. The average Bonchev–Trinajstić information content (AvgIpc) is 3.38. The van der Waals surface area contributed by atoms with E-state index < -0.39 is 0 Å². The molecule has 1 atom stereocenters. The molecule has 8 heteroatoms. The average molecular weight is 621 g/mol. The zero-order valence-corrected chi connectivity index (χ0v) is 27.1. The number of hydrogen-bond donors (Lipinski definition) is 1. The van der Waals surface area contributed by atoms with Gasteiger partial charge in [-0.3, -0.25) is 4.79 Å². The van der Waals surface area contributed by atoms with Crippen LogP contribution in [0.1, 0.15) is 81.2 Å². The molecule has 1 N–H and O–H groups in total. The second-order valence-electron chi connectivity index (χ2n) is 13.0. The third-order valence-electron chi connectivity index (χ3n) is 9.20. The van der Waals surface area contributed by atoms with Crippen molar-refractivity contribution >= 4 is 33.2 Å². The summed E-state index contributed by atoms with van der Waals surface area (Å²) in [5.74, 6) is 3.48. The van der Waals surface area contributed by atoms with E-state index >= 15 is 0 Å². The Morgan fingerprint density at radius 3 is 2.49 bits per heavy atom. The highest BCUT2D eigenvalue weighted by molar-refractivity contribution is 7.18. The van der Waals surface area contributed by atoms with Crippen LogP contribution in [-0.4, -0.2) is 30.3 Å². The number of benzene rings is 2. The zero-order chi connectivity index (χ0) is 30.1. The van der Waals surface area contributed by atoms with Crippen LogP contribution in [0.3, 0.4) is 0 Å². The number of hydrogen-bond acceptors (Lipinski definition) is 6. The van der Waals surface area contributed by atoms with Gasteiger partial charge in [-0.05, 0) is 84.7 Å². The van der Waals surface area contributed by atoms with Crippen LogP contribution in [-0.2, 0) is 12.8 Å². The maximum absolute atomic E-state index is 13.3.